The fourth-order valence-corrected chi connectivity index (χ4v) is 5.61. The number of benzene rings is 3. The van der Waals surface area contributed by atoms with E-state index >= 15 is 0 Å². The van der Waals surface area contributed by atoms with E-state index in [9.17, 15) is 4.79 Å². The SMILES string of the molecule is COc1ccc(CCNC(=O)[C@@H]2Cc3ccccc3N3CCN(c4cc(Cl)ccc4OC)C[C@@H]23)cc1. The zero-order valence-electron chi connectivity index (χ0n) is 20.7. The summed E-state index contributed by atoms with van der Waals surface area (Å²) in [6.45, 7) is 2.98. The molecule has 0 radical (unpaired) electrons. The van der Waals surface area contributed by atoms with Gasteiger partial charge in [0.2, 0.25) is 5.91 Å². The molecule has 0 unspecified atom stereocenters. The van der Waals surface area contributed by atoms with Gasteiger partial charge in [-0.3, -0.25) is 4.79 Å². The van der Waals surface area contributed by atoms with Crippen molar-refractivity contribution in [2.24, 2.45) is 5.92 Å². The van der Waals surface area contributed by atoms with Crippen LogP contribution in [0.1, 0.15) is 11.1 Å². The van der Waals surface area contributed by atoms with Gasteiger partial charge in [0.1, 0.15) is 11.5 Å². The van der Waals surface area contributed by atoms with Crippen LogP contribution in [0.15, 0.2) is 66.7 Å². The zero-order chi connectivity index (χ0) is 25.1. The number of para-hydroxylation sites is 1. The number of nitrogens with zero attached hydrogens (tertiary/aromatic N) is 2. The van der Waals surface area contributed by atoms with Crippen LogP contribution >= 0.6 is 11.6 Å². The van der Waals surface area contributed by atoms with Crippen LogP contribution in [0.3, 0.4) is 0 Å². The number of carbonyl (C=O) groups is 1. The molecule has 2 atom stereocenters. The number of halogens is 1. The van der Waals surface area contributed by atoms with Gasteiger partial charge in [-0.25, -0.2) is 0 Å². The molecule has 1 fully saturated rings. The highest BCUT2D eigenvalue weighted by Gasteiger charge is 2.41. The Hall–Kier alpha value is -3.38. The Morgan fingerprint density at radius 3 is 2.58 bits per heavy atom. The summed E-state index contributed by atoms with van der Waals surface area (Å²) >= 11 is 6.34. The molecular weight excluding hydrogens is 474 g/mol. The summed E-state index contributed by atoms with van der Waals surface area (Å²) in [6.07, 6.45) is 1.51. The van der Waals surface area contributed by atoms with E-state index in [4.69, 9.17) is 21.1 Å². The smallest absolute Gasteiger partial charge is 0.225 e. The highest BCUT2D eigenvalue weighted by molar-refractivity contribution is 6.31. The number of rotatable bonds is 7. The molecule has 0 aromatic heterocycles. The summed E-state index contributed by atoms with van der Waals surface area (Å²) in [4.78, 5) is 18.3. The fourth-order valence-electron chi connectivity index (χ4n) is 5.44. The molecule has 1 N–H and O–H groups in total. The van der Waals surface area contributed by atoms with Gasteiger partial charge in [0.15, 0.2) is 0 Å². The number of anilines is 2. The Kier molecular flexibility index (Phi) is 7.23. The van der Waals surface area contributed by atoms with Crippen molar-refractivity contribution in [3.05, 3.63) is 82.9 Å². The average Bonchev–Trinajstić information content (AvgIpc) is 2.92. The number of hydrogen-bond acceptors (Lipinski definition) is 5. The van der Waals surface area contributed by atoms with E-state index < -0.39 is 0 Å². The Morgan fingerprint density at radius 1 is 1.00 bits per heavy atom. The van der Waals surface area contributed by atoms with E-state index in [0.717, 1.165) is 49.7 Å². The fraction of sp³-hybridized carbons (Fsp3) is 0.345. The summed E-state index contributed by atoms with van der Waals surface area (Å²) in [5.74, 6) is 1.59. The first-order chi connectivity index (χ1) is 17.6. The Bertz CT molecular complexity index is 1220. The topological polar surface area (TPSA) is 54.0 Å². The average molecular weight is 506 g/mol. The first-order valence-electron chi connectivity index (χ1n) is 12.4. The van der Waals surface area contributed by atoms with Crippen LogP contribution < -0.4 is 24.6 Å². The van der Waals surface area contributed by atoms with E-state index in [2.05, 4.69) is 39.4 Å². The number of amides is 1. The molecule has 6 nitrogen and oxygen atoms in total. The highest BCUT2D eigenvalue weighted by atomic mass is 35.5. The second kappa shape index (κ2) is 10.7. The van der Waals surface area contributed by atoms with Crippen molar-refractivity contribution < 1.29 is 14.3 Å². The van der Waals surface area contributed by atoms with Crippen molar-refractivity contribution in [1.29, 1.82) is 0 Å². The summed E-state index contributed by atoms with van der Waals surface area (Å²) in [6, 6.07) is 22.2. The van der Waals surface area contributed by atoms with Crippen molar-refractivity contribution in [2.75, 3.05) is 50.2 Å². The molecule has 188 valence electrons. The monoisotopic (exact) mass is 505 g/mol. The van der Waals surface area contributed by atoms with Crippen LogP contribution in [0.2, 0.25) is 5.02 Å². The number of hydrogen-bond donors (Lipinski definition) is 1. The standard InChI is InChI=1S/C29H32ClN3O3/c1-35-23-10-7-20(8-11-23)13-14-31-29(34)24-17-21-5-3-4-6-25(21)33-16-15-32(19-27(24)33)26-18-22(30)9-12-28(26)36-2/h3-12,18,24,27H,13-17,19H2,1-2H3,(H,31,34)/t24-,27+/m1/s1. The maximum Gasteiger partial charge on any atom is 0.225 e. The first kappa shape index (κ1) is 24.3. The van der Waals surface area contributed by atoms with Gasteiger partial charge in [-0.05, 0) is 60.4 Å². The zero-order valence-corrected chi connectivity index (χ0v) is 21.5. The molecule has 2 heterocycles. The third-order valence-electron chi connectivity index (χ3n) is 7.31. The Labute approximate surface area is 217 Å². The lowest BCUT2D eigenvalue weighted by molar-refractivity contribution is -0.125. The number of fused-ring (bicyclic) bond motifs is 3. The first-order valence-corrected chi connectivity index (χ1v) is 12.8. The lowest BCUT2D eigenvalue weighted by atomic mass is 9.83. The van der Waals surface area contributed by atoms with Gasteiger partial charge in [0.25, 0.3) is 0 Å². The van der Waals surface area contributed by atoms with E-state index in [1.165, 1.54) is 16.8 Å². The van der Waals surface area contributed by atoms with E-state index in [0.29, 0.717) is 11.6 Å². The number of ether oxygens (including phenoxy) is 2. The van der Waals surface area contributed by atoms with Gasteiger partial charge in [-0.2, -0.15) is 0 Å². The second-order valence-electron chi connectivity index (χ2n) is 9.35. The molecule has 1 amide bonds. The number of piperazine rings is 1. The van der Waals surface area contributed by atoms with Crippen molar-refractivity contribution in [3.63, 3.8) is 0 Å². The van der Waals surface area contributed by atoms with Crippen LogP contribution in [0.4, 0.5) is 11.4 Å². The van der Waals surface area contributed by atoms with Crippen LogP contribution in [0, 0.1) is 5.92 Å². The molecule has 0 bridgehead atoms. The molecule has 3 aromatic rings. The van der Waals surface area contributed by atoms with Gasteiger partial charge in [0, 0.05) is 36.9 Å². The number of methoxy groups -OCH3 is 2. The van der Waals surface area contributed by atoms with Gasteiger partial charge in [-0.1, -0.05) is 41.9 Å². The third-order valence-corrected chi connectivity index (χ3v) is 7.55. The minimum atomic E-state index is -0.149. The van der Waals surface area contributed by atoms with Gasteiger partial charge < -0.3 is 24.6 Å². The molecule has 0 aliphatic carbocycles. The Balaban J connectivity index is 1.34. The summed E-state index contributed by atoms with van der Waals surface area (Å²) in [5, 5.41) is 3.89. The molecule has 0 spiro atoms. The molecule has 3 aromatic carbocycles. The van der Waals surface area contributed by atoms with Crippen LogP contribution in [0.5, 0.6) is 11.5 Å². The van der Waals surface area contributed by atoms with Crippen molar-refractivity contribution in [3.8, 4) is 11.5 Å². The van der Waals surface area contributed by atoms with Crippen LogP contribution in [-0.4, -0.2) is 52.3 Å². The van der Waals surface area contributed by atoms with Crippen LogP contribution in [-0.2, 0) is 17.6 Å². The predicted molar refractivity (Wildman–Crippen MR) is 145 cm³/mol. The minimum absolute atomic E-state index is 0.0540. The number of nitrogens with one attached hydrogen (secondary N) is 1. The van der Waals surface area contributed by atoms with Gasteiger partial charge in [-0.15, -0.1) is 0 Å². The molecule has 2 aliphatic rings. The minimum Gasteiger partial charge on any atom is -0.497 e. The molecule has 2 aliphatic heterocycles. The molecular formula is C29H32ClN3O3. The third kappa shape index (κ3) is 4.96. The molecule has 7 heteroatoms. The van der Waals surface area contributed by atoms with E-state index in [1.54, 1.807) is 14.2 Å². The quantitative estimate of drug-likeness (QED) is 0.509. The molecule has 5 rings (SSSR count). The maximum atomic E-state index is 13.6. The van der Waals surface area contributed by atoms with E-state index in [-0.39, 0.29) is 17.9 Å². The lowest BCUT2D eigenvalue weighted by Crippen LogP contribution is -2.61. The summed E-state index contributed by atoms with van der Waals surface area (Å²) < 4.78 is 10.9. The van der Waals surface area contributed by atoms with Crippen molar-refractivity contribution in [2.45, 2.75) is 18.9 Å². The normalized spacial score (nSPS) is 18.8. The van der Waals surface area contributed by atoms with Crippen LogP contribution in [0.25, 0.3) is 0 Å². The van der Waals surface area contributed by atoms with Gasteiger partial charge in [0.05, 0.1) is 31.9 Å². The molecule has 0 saturated carbocycles. The summed E-state index contributed by atoms with van der Waals surface area (Å²) in [5.41, 5.74) is 4.62. The largest absolute Gasteiger partial charge is 0.497 e. The predicted octanol–water partition coefficient (Wildman–Crippen LogP) is 4.58. The number of carbonyl (C=O) groups excluding carboxylic acids is 1. The van der Waals surface area contributed by atoms with Gasteiger partial charge >= 0.3 is 0 Å². The molecule has 36 heavy (non-hydrogen) atoms. The van der Waals surface area contributed by atoms with Crippen molar-refractivity contribution in [1.82, 2.24) is 5.32 Å². The van der Waals surface area contributed by atoms with E-state index in [1.807, 2.05) is 42.5 Å². The maximum absolute atomic E-state index is 13.6. The molecule has 1 saturated heterocycles. The lowest BCUT2D eigenvalue weighted by Gasteiger charge is -2.49. The summed E-state index contributed by atoms with van der Waals surface area (Å²) in [7, 11) is 3.34. The second-order valence-corrected chi connectivity index (χ2v) is 9.79. The highest BCUT2D eigenvalue weighted by Crippen LogP contribution is 2.39. The van der Waals surface area contributed by atoms with Crippen molar-refractivity contribution >= 4 is 28.9 Å². The Morgan fingerprint density at radius 2 is 1.81 bits per heavy atom.